The number of nitrogens with zero attached hydrogens (tertiary/aromatic N) is 3. The zero-order valence-electron chi connectivity index (χ0n) is 17.3. The fourth-order valence-electron chi connectivity index (χ4n) is 4.23. The predicted molar refractivity (Wildman–Crippen MR) is 131 cm³/mol. The van der Waals surface area contributed by atoms with Crippen molar-refractivity contribution in [3.05, 3.63) is 84.4 Å². The molecule has 0 radical (unpaired) electrons. The smallest absolute Gasteiger partial charge is 0.262 e. The summed E-state index contributed by atoms with van der Waals surface area (Å²) in [4.78, 5) is 40.4. The number of aromatic amines is 1. The third-order valence-electron chi connectivity index (χ3n) is 5.74. The standard InChI is InChI=1S/C23H17ClN4O3S2/c24-12-6-7-14-16(9-12)25-23(28(22(14)30)10-13-3-2-8-31-13)32-11-18-26-20(29)19-15-4-1-5-17(15)33-21(19)27-18/h2-3,6-9H,1,4-5,10-11H2,(H,26,27,29). The summed E-state index contributed by atoms with van der Waals surface area (Å²) in [7, 11) is 0. The van der Waals surface area contributed by atoms with E-state index in [0.29, 0.717) is 38.4 Å². The monoisotopic (exact) mass is 496 g/mol. The van der Waals surface area contributed by atoms with Crippen molar-refractivity contribution in [2.24, 2.45) is 0 Å². The van der Waals surface area contributed by atoms with Crippen molar-refractivity contribution in [1.29, 1.82) is 0 Å². The Balaban J connectivity index is 1.39. The molecular formula is C23H17ClN4O3S2. The Morgan fingerprint density at radius 2 is 2.12 bits per heavy atom. The maximum atomic E-state index is 13.3. The second kappa shape index (κ2) is 8.16. The number of H-pyrrole nitrogens is 1. The van der Waals surface area contributed by atoms with Crippen LogP contribution in [0.5, 0.6) is 0 Å². The molecule has 166 valence electrons. The molecule has 1 aromatic carbocycles. The average Bonchev–Trinajstić information content (AvgIpc) is 3.52. The molecule has 0 aliphatic heterocycles. The Labute approximate surface area is 200 Å². The molecule has 5 aromatic rings. The molecule has 0 atom stereocenters. The molecule has 0 bridgehead atoms. The van der Waals surface area contributed by atoms with Crippen LogP contribution in [-0.4, -0.2) is 19.5 Å². The molecule has 10 heteroatoms. The normalized spacial score (nSPS) is 13.2. The lowest BCUT2D eigenvalue weighted by Crippen LogP contribution is -2.24. The van der Waals surface area contributed by atoms with Gasteiger partial charge in [0.15, 0.2) is 5.16 Å². The van der Waals surface area contributed by atoms with E-state index in [1.807, 2.05) is 6.07 Å². The van der Waals surface area contributed by atoms with Gasteiger partial charge in [-0.1, -0.05) is 23.4 Å². The number of rotatable bonds is 5. The second-order valence-electron chi connectivity index (χ2n) is 7.87. The fourth-order valence-corrected chi connectivity index (χ4v) is 6.55. The van der Waals surface area contributed by atoms with E-state index in [-0.39, 0.29) is 17.7 Å². The van der Waals surface area contributed by atoms with Gasteiger partial charge in [0.1, 0.15) is 16.4 Å². The molecule has 1 aliphatic rings. The van der Waals surface area contributed by atoms with E-state index in [2.05, 4.69) is 4.98 Å². The van der Waals surface area contributed by atoms with Crippen LogP contribution in [0.4, 0.5) is 0 Å². The van der Waals surface area contributed by atoms with Gasteiger partial charge in [-0.25, -0.2) is 9.97 Å². The van der Waals surface area contributed by atoms with Crippen LogP contribution in [0.15, 0.2) is 55.8 Å². The van der Waals surface area contributed by atoms with Crippen LogP contribution in [0.3, 0.4) is 0 Å². The number of benzene rings is 1. The van der Waals surface area contributed by atoms with E-state index in [9.17, 15) is 9.59 Å². The number of thiophene rings is 1. The van der Waals surface area contributed by atoms with Gasteiger partial charge in [-0.15, -0.1) is 11.3 Å². The minimum atomic E-state index is -0.179. The number of aryl methyl sites for hydroxylation is 2. The third kappa shape index (κ3) is 3.70. The van der Waals surface area contributed by atoms with Crippen molar-refractivity contribution < 1.29 is 4.42 Å². The van der Waals surface area contributed by atoms with Gasteiger partial charge in [0.25, 0.3) is 11.1 Å². The summed E-state index contributed by atoms with van der Waals surface area (Å²) < 4.78 is 7.04. The van der Waals surface area contributed by atoms with Crippen LogP contribution in [-0.2, 0) is 25.1 Å². The number of hydrogen-bond acceptors (Lipinski definition) is 7. The number of hydrogen-bond donors (Lipinski definition) is 1. The van der Waals surface area contributed by atoms with E-state index in [1.165, 1.54) is 16.6 Å². The molecule has 6 rings (SSSR count). The number of thioether (sulfide) groups is 1. The van der Waals surface area contributed by atoms with E-state index in [0.717, 1.165) is 35.0 Å². The molecule has 1 N–H and O–H groups in total. The van der Waals surface area contributed by atoms with Crippen LogP contribution in [0, 0.1) is 0 Å². The number of halogens is 1. The van der Waals surface area contributed by atoms with Gasteiger partial charge >= 0.3 is 0 Å². The Kier molecular flexibility index (Phi) is 5.12. The first-order chi connectivity index (χ1) is 16.1. The van der Waals surface area contributed by atoms with Crippen molar-refractivity contribution in [3.8, 4) is 0 Å². The molecule has 4 heterocycles. The van der Waals surface area contributed by atoms with Crippen molar-refractivity contribution in [2.45, 2.75) is 36.7 Å². The van der Waals surface area contributed by atoms with E-state index in [4.69, 9.17) is 26.0 Å². The molecule has 4 aromatic heterocycles. The Morgan fingerprint density at radius 1 is 1.21 bits per heavy atom. The van der Waals surface area contributed by atoms with E-state index >= 15 is 0 Å². The van der Waals surface area contributed by atoms with Gasteiger partial charge in [0, 0.05) is 9.90 Å². The lowest BCUT2D eigenvalue weighted by Gasteiger charge is -2.12. The number of nitrogens with one attached hydrogen (secondary N) is 1. The Morgan fingerprint density at radius 3 is 2.97 bits per heavy atom. The molecular weight excluding hydrogens is 480 g/mol. The second-order valence-corrected chi connectivity index (χ2v) is 10.3. The minimum absolute atomic E-state index is 0.0961. The first-order valence-corrected chi connectivity index (χ1v) is 12.6. The summed E-state index contributed by atoms with van der Waals surface area (Å²) in [5, 5.41) is 2.23. The zero-order valence-corrected chi connectivity index (χ0v) is 19.6. The third-order valence-corrected chi connectivity index (χ3v) is 8.15. The van der Waals surface area contributed by atoms with Gasteiger partial charge in [-0.05, 0) is 55.2 Å². The molecule has 0 saturated carbocycles. The number of furan rings is 1. The highest BCUT2D eigenvalue weighted by molar-refractivity contribution is 7.98. The first kappa shape index (κ1) is 20.7. The maximum Gasteiger partial charge on any atom is 0.262 e. The molecule has 33 heavy (non-hydrogen) atoms. The quantitative estimate of drug-likeness (QED) is 0.278. The SMILES string of the molecule is O=c1[nH]c(CSc2nc3cc(Cl)ccc3c(=O)n2Cc2ccco2)nc2sc3c(c12)CCC3. The van der Waals surface area contributed by atoms with Crippen molar-refractivity contribution in [1.82, 2.24) is 19.5 Å². The highest BCUT2D eigenvalue weighted by Crippen LogP contribution is 2.34. The highest BCUT2D eigenvalue weighted by atomic mass is 35.5. The topological polar surface area (TPSA) is 93.8 Å². The first-order valence-electron chi connectivity index (χ1n) is 10.5. The Bertz CT molecular complexity index is 1640. The van der Waals surface area contributed by atoms with E-state index < -0.39 is 0 Å². The molecule has 0 unspecified atom stereocenters. The highest BCUT2D eigenvalue weighted by Gasteiger charge is 2.21. The summed E-state index contributed by atoms with van der Waals surface area (Å²) in [6, 6.07) is 8.64. The lowest BCUT2D eigenvalue weighted by atomic mass is 10.2. The molecule has 0 spiro atoms. The molecule has 0 saturated heterocycles. The average molecular weight is 497 g/mol. The van der Waals surface area contributed by atoms with Crippen LogP contribution < -0.4 is 11.1 Å². The van der Waals surface area contributed by atoms with Gasteiger partial charge in [0.2, 0.25) is 0 Å². The summed E-state index contributed by atoms with van der Waals surface area (Å²) in [6.07, 6.45) is 4.63. The lowest BCUT2D eigenvalue weighted by molar-refractivity contribution is 0.476. The van der Waals surface area contributed by atoms with Crippen LogP contribution in [0.2, 0.25) is 5.02 Å². The van der Waals surface area contributed by atoms with Crippen molar-refractivity contribution in [3.63, 3.8) is 0 Å². The predicted octanol–water partition coefficient (Wildman–Crippen LogP) is 4.77. The molecule has 7 nitrogen and oxygen atoms in total. The van der Waals surface area contributed by atoms with Gasteiger partial charge < -0.3 is 9.40 Å². The van der Waals surface area contributed by atoms with Crippen molar-refractivity contribution >= 4 is 55.8 Å². The van der Waals surface area contributed by atoms with Gasteiger partial charge in [-0.3, -0.25) is 14.2 Å². The summed E-state index contributed by atoms with van der Waals surface area (Å²) >= 11 is 9.09. The minimum Gasteiger partial charge on any atom is -0.467 e. The molecule has 0 amide bonds. The van der Waals surface area contributed by atoms with E-state index in [1.54, 1.807) is 46.4 Å². The van der Waals surface area contributed by atoms with Crippen LogP contribution in [0.25, 0.3) is 21.1 Å². The number of aromatic nitrogens is 4. The van der Waals surface area contributed by atoms with Crippen molar-refractivity contribution in [2.75, 3.05) is 0 Å². The summed E-state index contributed by atoms with van der Waals surface area (Å²) in [6.45, 7) is 0.250. The summed E-state index contributed by atoms with van der Waals surface area (Å²) in [5.74, 6) is 1.57. The maximum absolute atomic E-state index is 13.3. The van der Waals surface area contributed by atoms with Gasteiger partial charge in [0.05, 0.1) is 34.8 Å². The molecule has 1 aliphatic carbocycles. The number of fused-ring (bicyclic) bond motifs is 4. The van der Waals surface area contributed by atoms with Gasteiger partial charge in [-0.2, -0.15) is 0 Å². The Hall–Kier alpha value is -2.88. The molecule has 0 fully saturated rings. The fraction of sp³-hybridized carbons (Fsp3) is 0.217. The van der Waals surface area contributed by atoms with Crippen LogP contribution in [0.1, 0.15) is 28.4 Å². The largest absolute Gasteiger partial charge is 0.467 e. The zero-order chi connectivity index (χ0) is 22.5. The summed E-state index contributed by atoms with van der Waals surface area (Å²) in [5.41, 5.74) is 1.41. The van der Waals surface area contributed by atoms with Crippen LogP contribution >= 0.6 is 34.7 Å².